The van der Waals surface area contributed by atoms with Crippen molar-refractivity contribution in [3.8, 4) is 5.69 Å². The highest BCUT2D eigenvalue weighted by molar-refractivity contribution is 6.31. The molecule has 0 aliphatic heterocycles. The summed E-state index contributed by atoms with van der Waals surface area (Å²) in [7, 11) is 0. The molecule has 1 amide bonds. The van der Waals surface area contributed by atoms with Gasteiger partial charge in [-0.15, -0.1) is 0 Å². The zero-order chi connectivity index (χ0) is 17.6. The van der Waals surface area contributed by atoms with Crippen molar-refractivity contribution in [1.82, 2.24) is 15.1 Å². The largest absolute Gasteiger partial charge is 0.444 e. The van der Waals surface area contributed by atoms with Crippen molar-refractivity contribution in [3.63, 3.8) is 0 Å². The lowest BCUT2D eigenvalue weighted by atomic mass is 10.2. The van der Waals surface area contributed by atoms with Gasteiger partial charge in [0.1, 0.15) is 5.60 Å². The van der Waals surface area contributed by atoms with Crippen LogP contribution in [0.2, 0.25) is 5.02 Å². The quantitative estimate of drug-likeness (QED) is 0.776. The first-order valence-electron chi connectivity index (χ1n) is 7.85. The maximum Gasteiger partial charge on any atom is 0.407 e. The number of hydrogen-bond acceptors (Lipinski definition) is 4. The van der Waals surface area contributed by atoms with E-state index < -0.39 is 11.7 Å². The third kappa shape index (κ3) is 5.77. The minimum absolute atomic E-state index is 0.400. The van der Waals surface area contributed by atoms with Crippen molar-refractivity contribution < 1.29 is 9.53 Å². The first-order chi connectivity index (χ1) is 11.3. The summed E-state index contributed by atoms with van der Waals surface area (Å²) in [5.74, 6) is 0. The molecule has 0 atom stereocenters. The van der Waals surface area contributed by atoms with Gasteiger partial charge in [0, 0.05) is 30.5 Å². The molecular formula is C17H23ClN4O2. The number of benzene rings is 1. The SMILES string of the molecule is CC(C)(C)OC(=O)NCCCNc1cc(Cl)ccc1-n1cccn1. The molecule has 24 heavy (non-hydrogen) atoms. The Labute approximate surface area is 147 Å². The molecule has 1 aromatic carbocycles. The van der Waals surface area contributed by atoms with Crippen LogP contribution in [0.5, 0.6) is 0 Å². The monoisotopic (exact) mass is 350 g/mol. The molecule has 0 saturated heterocycles. The second kappa shape index (κ2) is 8.06. The molecule has 0 saturated carbocycles. The maximum absolute atomic E-state index is 11.6. The van der Waals surface area contributed by atoms with Crippen LogP contribution < -0.4 is 10.6 Å². The first kappa shape index (κ1) is 18.1. The minimum Gasteiger partial charge on any atom is -0.444 e. The molecule has 0 unspecified atom stereocenters. The highest BCUT2D eigenvalue weighted by Gasteiger charge is 2.15. The molecule has 130 valence electrons. The predicted molar refractivity (Wildman–Crippen MR) is 95.9 cm³/mol. The number of nitrogens with one attached hydrogen (secondary N) is 2. The number of halogens is 1. The molecule has 1 heterocycles. The van der Waals surface area contributed by atoms with Crippen LogP contribution in [0.15, 0.2) is 36.7 Å². The van der Waals surface area contributed by atoms with Crippen LogP contribution in [0.25, 0.3) is 5.69 Å². The van der Waals surface area contributed by atoms with Crippen LogP contribution in [-0.2, 0) is 4.74 Å². The number of anilines is 1. The van der Waals surface area contributed by atoms with Gasteiger partial charge in [-0.3, -0.25) is 0 Å². The lowest BCUT2D eigenvalue weighted by molar-refractivity contribution is 0.0528. The van der Waals surface area contributed by atoms with Crippen LogP contribution in [0.4, 0.5) is 10.5 Å². The number of alkyl carbamates (subject to hydrolysis) is 1. The molecule has 0 fully saturated rings. The minimum atomic E-state index is -0.484. The Morgan fingerprint density at radius 1 is 1.33 bits per heavy atom. The summed E-state index contributed by atoms with van der Waals surface area (Å²) in [6.07, 6.45) is 3.95. The van der Waals surface area contributed by atoms with Crippen molar-refractivity contribution >= 4 is 23.4 Å². The Balaban J connectivity index is 1.83. The zero-order valence-corrected chi connectivity index (χ0v) is 14.9. The van der Waals surface area contributed by atoms with Crippen LogP contribution in [0.1, 0.15) is 27.2 Å². The predicted octanol–water partition coefficient (Wildman–Crippen LogP) is 3.85. The van der Waals surface area contributed by atoms with E-state index in [9.17, 15) is 4.79 Å². The van der Waals surface area contributed by atoms with Crippen LogP contribution >= 0.6 is 11.6 Å². The number of carbonyl (C=O) groups is 1. The standard InChI is InChI=1S/C17H23ClN4O2/c1-17(2,3)24-16(23)20-9-4-8-19-14-12-13(18)6-7-15(14)22-11-5-10-21-22/h5-7,10-12,19H,4,8-9H2,1-3H3,(H,20,23). The van der Waals surface area contributed by atoms with Gasteiger partial charge in [-0.1, -0.05) is 11.6 Å². The number of ether oxygens (including phenoxy) is 1. The van der Waals surface area contributed by atoms with Crippen molar-refractivity contribution in [1.29, 1.82) is 0 Å². The highest BCUT2D eigenvalue weighted by atomic mass is 35.5. The fraction of sp³-hybridized carbons (Fsp3) is 0.412. The molecule has 0 radical (unpaired) electrons. The smallest absolute Gasteiger partial charge is 0.407 e. The van der Waals surface area contributed by atoms with Gasteiger partial charge in [0.25, 0.3) is 0 Å². The lowest BCUT2D eigenvalue weighted by Crippen LogP contribution is -2.33. The van der Waals surface area contributed by atoms with Gasteiger partial charge >= 0.3 is 6.09 Å². The van der Waals surface area contributed by atoms with Gasteiger partial charge < -0.3 is 15.4 Å². The lowest BCUT2D eigenvalue weighted by Gasteiger charge is -2.19. The Morgan fingerprint density at radius 2 is 2.12 bits per heavy atom. The Kier molecular flexibility index (Phi) is 6.09. The van der Waals surface area contributed by atoms with E-state index in [1.54, 1.807) is 10.9 Å². The first-order valence-corrected chi connectivity index (χ1v) is 8.23. The van der Waals surface area contributed by atoms with Gasteiger partial charge in [0.15, 0.2) is 0 Å². The number of aromatic nitrogens is 2. The van der Waals surface area contributed by atoms with Crippen LogP contribution in [0, 0.1) is 0 Å². The second-order valence-corrected chi connectivity index (χ2v) is 6.76. The molecular weight excluding hydrogens is 328 g/mol. The van der Waals surface area contributed by atoms with Crippen LogP contribution in [0.3, 0.4) is 0 Å². The molecule has 0 aliphatic carbocycles. The summed E-state index contributed by atoms with van der Waals surface area (Å²) in [5.41, 5.74) is 1.33. The van der Waals surface area contributed by atoms with E-state index in [1.807, 2.05) is 51.2 Å². The van der Waals surface area contributed by atoms with Gasteiger partial charge in [0.2, 0.25) is 0 Å². The second-order valence-electron chi connectivity index (χ2n) is 6.32. The highest BCUT2D eigenvalue weighted by Crippen LogP contribution is 2.24. The van der Waals surface area contributed by atoms with Gasteiger partial charge in [-0.25, -0.2) is 9.48 Å². The van der Waals surface area contributed by atoms with E-state index in [-0.39, 0.29) is 0 Å². The van der Waals surface area contributed by atoms with Gasteiger partial charge in [-0.05, 0) is 51.5 Å². The van der Waals surface area contributed by atoms with Gasteiger partial charge in [0.05, 0.1) is 11.4 Å². The number of hydrogen-bond donors (Lipinski definition) is 2. The number of amides is 1. The number of rotatable bonds is 6. The van der Waals surface area contributed by atoms with Crippen molar-refractivity contribution in [2.45, 2.75) is 32.8 Å². The Morgan fingerprint density at radius 3 is 2.79 bits per heavy atom. The molecule has 2 aromatic rings. The molecule has 7 heteroatoms. The summed E-state index contributed by atoms with van der Waals surface area (Å²) < 4.78 is 6.96. The van der Waals surface area contributed by atoms with E-state index in [1.165, 1.54) is 0 Å². The topological polar surface area (TPSA) is 68.2 Å². The molecule has 0 aliphatic rings. The fourth-order valence-electron chi connectivity index (χ4n) is 2.08. The van der Waals surface area contributed by atoms with E-state index in [2.05, 4.69) is 15.7 Å². The molecule has 0 bridgehead atoms. The number of carbonyl (C=O) groups excluding carboxylic acids is 1. The molecule has 0 spiro atoms. The van der Waals surface area contributed by atoms with Crippen molar-refractivity contribution in [3.05, 3.63) is 41.7 Å². The normalized spacial score (nSPS) is 11.2. The summed E-state index contributed by atoms with van der Waals surface area (Å²) in [6.45, 7) is 6.72. The van der Waals surface area contributed by atoms with E-state index >= 15 is 0 Å². The molecule has 2 N–H and O–H groups in total. The third-order valence-corrected chi connectivity index (χ3v) is 3.28. The number of nitrogens with zero attached hydrogens (tertiary/aromatic N) is 2. The Bertz CT molecular complexity index is 666. The molecule has 2 rings (SSSR count). The summed E-state index contributed by atoms with van der Waals surface area (Å²) in [6, 6.07) is 7.47. The van der Waals surface area contributed by atoms with Gasteiger partial charge in [-0.2, -0.15) is 5.10 Å². The Hall–Kier alpha value is -2.21. The third-order valence-electron chi connectivity index (χ3n) is 3.05. The van der Waals surface area contributed by atoms with E-state index in [0.29, 0.717) is 18.1 Å². The average molecular weight is 351 g/mol. The fourth-order valence-corrected chi connectivity index (χ4v) is 2.25. The van der Waals surface area contributed by atoms with E-state index in [0.717, 1.165) is 17.8 Å². The van der Waals surface area contributed by atoms with Crippen LogP contribution in [-0.4, -0.2) is 34.6 Å². The summed E-state index contributed by atoms with van der Waals surface area (Å²) >= 11 is 6.08. The maximum atomic E-state index is 11.6. The van der Waals surface area contributed by atoms with Crippen molar-refractivity contribution in [2.75, 3.05) is 18.4 Å². The van der Waals surface area contributed by atoms with Crippen molar-refractivity contribution in [2.24, 2.45) is 0 Å². The van der Waals surface area contributed by atoms with E-state index in [4.69, 9.17) is 16.3 Å². The average Bonchev–Trinajstić information content (AvgIpc) is 2.99. The summed E-state index contributed by atoms with van der Waals surface area (Å²) in [5, 5.41) is 11.0. The summed E-state index contributed by atoms with van der Waals surface area (Å²) in [4.78, 5) is 11.6. The zero-order valence-electron chi connectivity index (χ0n) is 14.2. The molecule has 6 nitrogen and oxygen atoms in total. The molecule has 1 aromatic heterocycles.